The Morgan fingerprint density at radius 1 is 1.10 bits per heavy atom. The number of hydrogen-bond acceptors (Lipinski definition) is 2. The molecule has 1 saturated carbocycles. The molecule has 2 heteroatoms. The number of aliphatic hydroxyl groups excluding tert-OH is 1. The minimum absolute atomic E-state index is 0.0894. The molecule has 1 aromatic carbocycles. The van der Waals surface area contributed by atoms with Gasteiger partial charge in [0.25, 0.3) is 0 Å². The van der Waals surface area contributed by atoms with Crippen LogP contribution < -0.4 is 5.32 Å². The van der Waals surface area contributed by atoms with E-state index in [0.29, 0.717) is 0 Å². The van der Waals surface area contributed by atoms with Crippen LogP contribution in [0.25, 0.3) is 0 Å². The third kappa shape index (κ3) is 2.77. The zero-order valence-electron chi connectivity index (χ0n) is 13.3. The van der Waals surface area contributed by atoms with Crippen molar-refractivity contribution in [2.45, 2.75) is 64.0 Å². The summed E-state index contributed by atoms with van der Waals surface area (Å²) in [5, 5.41) is 14.1. The first-order valence-corrected chi connectivity index (χ1v) is 7.94. The van der Waals surface area contributed by atoms with Crippen LogP contribution in [0, 0.1) is 12.8 Å². The SMILES string of the molecule is CNC(C(O)C(C)C)C1(c2ccc(C)cc2)CCCC1. The van der Waals surface area contributed by atoms with Crippen molar-refractivity contribution in [3.05, 3.63) is 35.4 Å². The van der Waals surface area contributed by atoms with Crippen LogP contribution in [-0.2, 0) is 5.41 Å². The molecule has 0 radical (unpaired) electrons. The number of benzene rings is 1. The summed E-state index contributed by atoms with van der Waals surface area (Å²) in [5.41, 5.74) is 2.78. The van der Waals surface area contributed by atoms with E-state index in [1.165, 1.54) is 36.8 Å². The van der Waals surface area contributed by atoms with E-state index >= 15 is 0 Å². The van der Waals surface area contributed by atoms with Gasteiger partial charge in [-0.05, 0) is 38.3 Å². The molecule has 0 spiro atoms. The van der Waals surface area contributed by atoms with Crippen LogP contribution in [0.4, 0.5) is 0 Å². The molecule has 0 saturated heterocycles. The topological polar surface area (TPSA) is 32.3 Å². The largest absolute Gasteiger partial charge is 0.391 e. The predicted octanol–water partition coefficient (Wildman–Crippen LogP) is 3.41. The first-order valence-electron chi connectivity index (χ1n) is 7.94. The van der Waals surface area contributed by atoms with Gasteiger partial charge in [0.05, 0.1) is 6.10 Å². The number of rotatable bonds is 5. The Balaban J connectivity index is 2.40. The second-order valence-electron chi connectivity index (χ2n) is 6.73. The molecule has 2 rings (SSSR count). The molecule has 1 aromatic rings. The molecule has 0 aromatic heterocycles. The standard InChI is InChI=1S/C18H29NO/c1-13(2)16(20)17(19-4)18(11-5-6-12-18)15-9-7-14(3)8-10-15/h7-10,13,16-17,19-20H,5-6,11-12H2,1-4H3. The maximum absolute atomic E-state index is 10.7. The molecule has 2 atom stereocenters. The van der Waals surface area contributed by atoms with Crippen LogP contribution in [0.1, 0.15) is 50.7 Å². The third-order valence-electron chi connectivity index (χ3n) is 5.05. The highest BCUT2D eigenvalue weighted by atomic mass is 16.3. The zero-order valence-corrected chi connectivity index (χ0v) is 13.3. The zero-order chi connectivity index (χ0) is 14.8. The minimum atomic E-state index is -0.306. The average Bonchev–Trinajstić information content (AvgIpc) is 2.90. The van der Waals surface area contributed by atoms with Crippen LogP contribution >= 0.6 is 0 Å². The Kier molecular flexibility index (Phi) is 4.87. The molecule has 0 aliphatic heterocycles. The molecule has 0 heterocycles. The van der Waals surface area contributed by atoms with Gasteiger partial charge >= 0.3 is 0 Å². The van der Waals surface area contributed by atoms with Crippen LogP contribution in [0.15, 0.2) is 24.3 Å². The van der Waals surface area contributed by atoms with Gasteiger partial charge in [-0.25, -0.2) is 0 Å². The summed E-state index contributed by atoms with van der Waals surface area (Å²) in [6.45, 7) is 6.34. The van der Waals surface area contributed by atoms with E-state index < -0.39 is 0 Å². The van der Waals surface area contributed by atoms with Gasteiger partial charge in [-0.15, -0.1) is 0 Å². The average molecular weight is 275 g/mol. The normalized spacial score (nSPS) is 21.1. The van der Waals surface area contributed by atoms with Crippen molar-refractivity contribution in [3.8, 4) is 0 Å². The van der Waals surface area contributed by atoms with Gasteiger partial charge in [-0.2, -0.15) is 0 Å². The first-order chi connectivity index (χ1) is 9.51. The molecule has 2 nitrogen and oxygen atoms in total. The summed E-state index contributed by atoms with van der Waals surface area (Å²) in [7, 11) is 1.99. The predicted molar refractivity (Wildman–Crippen MR) is 85.0 cm³/mol. The van der Waals surface area contributed by atoms with E-state index in [9.17, 15) is 5.11 Å². The highest BCUT2D eigenvalue weighted by molar-refractivity contribution is 5.32. The van der Waals surface area contributed by atoms with Gasteiger partial charge in [-0.3, -0.25) is 0 Å². The number of hydrogen-bond donors (Lipinski definition) is 2. The van der Waals surface area contributed by atoms with Crippen molar-refractivity contribution in [1.29, 1.82) is 0 Å². The van der Waals surface area contributed by atoms with E-state index in [4.69, 9.17) is 0 Å². The lowest BCUT2D eigenvalue weighted by molar-refractivity contribution is 0.0500. The molecule has 1 aliphatic rings. The van der Waals surface area contributed by atoms with Crippen LogP contribution in [0.2, 0.25) is 0 Å². The lowest BCUT2D eigenvalue weighted by Gasteiger charge is -2.42. The summed E-state index contributed by atoms with van der Waals surface area (Å²) in [5.74, 6) is 0.273. The highest BCUT2D eigenvalue weighted by Crippen LogP contribution is 2.45. The molecule has 1 aliphatic carbocycles. The van der Waals surface area contributed by atoms with Crippen molar-refractivity contribution in [3.63, 3.8) is 0 Å². The van der Waals surface area contributed by atoms with E-state index in [1.54, 1.807) is 0 Å². The van der Waals surface area contributed by atoms with E-state index in [2.05, 4.69) is 50.4 Å². The second kappa shape index (κ2) is 6.28. The molecule has 2 unspecified atom stereocenters. The van der Waals surface area contributed by atoms with Crippen LogP contribution in [-0.4, -0.2) is 24.3 Å². The summed E-state index contributed by atoms with van der Waals surface area (Å²) in [6, 6.07) is 9.05. The number of aliphatic hydroxyl groups is 1. The summed E-state index contributed by atoms with van der Waals surface area (Å²) >= 11 is 0. The highest BCUT2D eigenvalue weighted by Gasteiger charge is 2.45. The van der Waals surface area contributed by atoms with Crippen molar-refractivity contribution in [1.82, 2.24) is 5.32 Å². The van der Waals surface area contributed by atoms with Crippen molar-refractivity contribution < 1.29 is 5.11 Å². The fourth-order valence-corrected chi connectivity index (χ4v) is 3.83. The maximum Gasteiger partial charge on any atom is 0.0724 e. The monoisotopic (exact) mass is 275 g/mol. The number of aryl methyl sites for hydroxylation is 1. The Morgan fingerprint density at radius 2 is 1.65 bits per heavy atom. The van der Waals surface area contributed by atoms with Crippen molar-refractivity contribution in [2.24, 2.45) is 5.92 Å². The van der Waals surface area contributed by atoms with Crippen LogP contribution in [0.5, 0.6) is 0 Å². The number of likely N-dealkylation sites (N-methyl/N-ethyl adjacent to an activating group) is 1. The molecule has 0 amide bonds. The summed E-state index contributed by atoms with van der Waals surface area (Å²) < 4.78 is 0. The number of nitrogens with one attached hydrogen (secondary N) is 1. The fourth-order valence-electron chi connectivity index (χ4n) is 3.83. The molecule has 20 heavy (non-hydrogen) atoms. The van der Waals surface area contributed by atoms with Gasteiger partial charge in [-0.1, -0.05) is 56.5 Å². The molecule has 0 bridgehead atoms. The lowest BCUT2D eigenvalue weighted by atomic mass is 9.69. The van der Waals surface area contributed by atoms with Gasteiger partial charge in [0.2, 0.25) is 0 Å². The second-order valence-corrected chi connectivity index (χ2v) is 6.73. The van der Waals surface area contributed by atoms with E-state index in [0.717, 1.165) is 0 Å². The molecule has 112 valence electrons. The first kappa shape index (κ1) is 15.5. The van der Waals surface area contributed by atoms with E-state index in [-0.39, 0.29) is 23.5 Å². The Labute approximate surface area is 123 Å². The molecular weight excluding hydrogens is 246 g/mol. The molecule has 2 N–H and O–H groups in total. The van der Waals surface area contributed by atoms with Gasteiger partial charge in [0.15, 0.2) is 0 Å². The van der Waals surface area contributed by atoms with Gasteiger partial charge in [0, 0.05) is 11.5 Å². The maximum atomic E-state index is 10.7. The van der Waals surface area contributed by atoms with Crippen molar-refractivity contribution in [2.75, 3.05) is 7.05 Å². The van der Waals surface area contributed by atoms with Gasteiger partial charge < -0.3 is 10.4 Å². The quantitative estimate of drug-likeness (QED) is 0.863. The van der Waals surface area contributed by atoms with Crippen LogP contribution in [0.3, 0.4) is 0 Å². The van der Waals surface area contributed by atoms with Gasteiger partial charge in [0.1, 0.15) is 0 Å². The lowest BCUT2D eigenvalue weighted by Crippen LogP contribution is -2.54. The fraction of sp³-hybridized carbons (Fsp3) is 0.667. The van der Waals surface area contributed by atoms with E-state index in [1.807, 2.05) is 7.05 Å². The molecule has 1 fully saturated rings. The Bertz CT molecular complexity index is 418. The third-order valence-corrected chi connectivity index (χ3v) is 5.05. The minimum Gasteiger partial charge on any atom is -0.391 e. The summed E-state index contributed by atoms with van der Waals surface area (Å²) in [4.78, 5) is 0. The molecular formula is C18H29NO. The van der Waals surface area contributed by atoms with Crippen molar-refractivity contribution >= 4 is 0 Å². The summed E-state index contributed by atoms with van der Waals surface area (Å²) in [6.07, 6.45) is 4.56. The Hall–Kier alpha value is -0.860. The Morgan fingerprint density at radius 3 is 2.10 bits per heavy atom. The smallest absolute Gasteiger partial charge is 0.0724 e.